The number of H-pyrrole nitrogens is 1. The highest BCUT2D eigenvalue weighted by molar-refractivity contribution is 5.88. The number of nitrogens with one attached hydrogen (secondary N) is 1. The minimum atomic E-state index is -0.441. The molecule has 0 saturated heterocycles. The normalized spacial score (nSPS) is 10.6. The van der Waals surface area contributed by atoms with Gasteiger partial charge in [0.25, 0.3) is 0 Å². The molecule has 1 heterocycles. The number of carbonyl (C=O) groups excluding carboxylic acids is 1. The van der Waals surface area contributed by atoms with Gasteiger partial charge in [-0.05, 0) is 24.6 Å². The van der Waals surface area contributed by atoms with E-state index < -0.39 is 11.8 Å². The summed E-state index contributed by atoms with van der Waals surface area (Å²) in [5, 5.41) is 0.652. The highest BCUT2D eigenvalue weighted by Gasteiger charge is 2.11. The molecule has 0 aliphatic heterocycles. The number of fused-ring (bicyclic) bond motifs is 1. The number of methoxy groups -OCH3 is 1. The van der Waals surface area contributed by atoms with Gasteiger partial charge in [0.2, 0.25) is 5.56 Å². The Balaban J connectivity index is 2.70. The number of pyridine rings is 1. The fourth-order valence-corrected chi connectivity index (χ4v) is 1.88. The van der Waals surface area contributed by atoms with Crippen molar-refractivity contribution < 1.29 is 13.9 Å². The smallest absolute Gasteiger partial charge is 0.310 e. The maximum absolute atomic E-state index is 13.4. The first-order valence-corrected chi connectivity index (χ1v) is 5.40. The van der Waals surface area contributed by atoms with E-state index in [0.29, 0.717) is 22.0 Å². The Hall–Kier alpha value is -2.17. The summed E-state index contributed by atoms with van der Waals surface area (Å²) in [7, 11) is 1.28. The first-order valence-electron chi connectivity index (χ1n) is 5.40. The second kappa shape index (κ2) is 4.60. The second-order valence-corrected chi connectivity index (χ2v) is 4.01. The van der Waals surface area contributed by atoms with Gasteiger partial charge in [-0.1, -0.05) is 0 Å². The summed E-state index contributed by atoms with van der Waals surface area (Å²) < 4.78 is 18.0. The first-order chi connectivity index (χ1) is 8.52. The molecule has 0 bridgehead atoms. The van der Waals surface area contributed by atoms with E-state index in [2.05, 4.69) is 9.72 Å². The number of aromatic amines is 1. The van der Waals surface area contributed by atoms with Crippen molar-refractivity contribution in [1.29, 1.82) is 0 Å². The van der Waals surface area contributed by atoms with Crippen LogP contribution in [0.3, 0.4) is 0 Å². The third kappa shape index (κ3) is 2.11. The molecular formula is C13H12FNO3. The van der Waals surface area contributed by atoms with Crippen molar-refractivity contribution >= 4 is 16.9 Å². The fraction of sp³-hybridized carbons (Fsp3) is 0.231. The number of aromatic nitrogens is 1. The Morgan fingerprint density at radius 3 is 2.83 bits per heavy atom. The van der Waals surface area contributed by atoms with Crippen LogP contribution in [0, 0.1) is 12.7 Å². The molecule has 0 unspecified atom stereocenters. The molecule has 0 amide bonds. The predicted molar refractivity (Wildman–Crippen MR) is 65.0 cm³/mol. The molecule has 1 aromatic carbocycles. The van der Waals surface area contributed by atoms with E-state index in [1.807, 2.05) is 0 Å². The molecule has 0 atom stereocenters. The number of carbonyl (C=O) groups is 1. The van der Waals surface area contributed by atoms with E-state index in [1.54, 1.807) is 13.0 Å². The van der Waals surface area contributed by atoms with Gasteiger partial charge in [0.1, 0.15) is 5.82 Å². The first kappa shape index (κ1) is 12.3. The van der Waals surface area contributed by atoms with Gasteiger partial charge in [-0.25, -0.2) is 4.39 Å². The van der Waals surface area contributed by atoms with Crippen LogP contribution in [0.4, 0.5) is 4.39 Å². The zero-order chi connectivity index (χ0) is 13.3. The average Bonchev–Trinajstić information content (AvgIpc) is 2.34. The van der Waals surface area contributed by atoms with Crippen molar-refractivity contribution in [3.8, 4) is 0 Å². The Morgan fingerprint density at radius 2 is 2.17 bits per heavy atom. The molecule has 1 aromatic heterocycles. The molecule has 0 fully saturated rings. The summed E-state index contributed by atoms with van der Waals surface area (Å²) in [5.41, 5.74) is 0.941. The number of benzene rings is 1. The Labute approximate surface area is 102 Å². The van der Waals surface area contributed by atoms with Gasteiger partial charge >= 0.3 is 5.97 Å². The Bertz CT molecular complexity index is 676. The highest BCUT2D eigenvalue weighted by atomic mass is 19.1. The van der Waals surface area contributed by atoms with Crippen molar-refractivity contribution in [2.24, 2.45) is 0 Å². The molecule has 94 valence electrons. The molecule has 0 spiro atoms. The topological polar surface area (TPSA) is 59.2 Å². The van der Waals surface area contributed by atoms with Crippen molar-refractivity contribution in [3.05, 3.63) is 45.5 Å². The number of hydrogen-bond donors (Lipinski definition) is 1. The third-order valence-electron chi connectivity index (χ3n) is 2.86. The molecule has 0 aliphatic rings. The maximum atomic E-state index is 13.4. The second-order valence-electron chi connectivity index (χ2n) is 4.01. The monoisotopic (exact) mass is 249 g/mol. The molecule has 4 nitrogen and oxygen atoms in total. The van der Waals surface area contributed by atoms with Crippen LogP contribution in [0.2, 0.25) is 0 Å². The standard InChI is InChI=1S/C13H12FNO3/c1-7-10(14)4-3-9-8(6-12(17)18-2)5-11(16)15-13(7)9/h3-5H,6H2,1-2H3,(H,15,16). The largest absolute Gasteiger partial charge is 0.469 e. The van der Waals surface area contributed by atoms with Crippen LogP contribution in [0.25, 0.3) is 10.9 Å². The van der Waals surface area contributed by atoms with Gasteiger partial charge in [0.05, 0.1) is 19.0 Å². The van der Waals surface area contributed by atoms with Gasteiger partial charge < -0.3 is 9.72 Å². The number of rotatable bonds is 2. The summed E-state index contributed by atoms with van der Waals surface area (Å²) in [6.45, 7) is 1.58. The van der Waals surface area contributed by atoms with E-state index in [4.69, 9.17) is 0 Å². The molecule has 0 radical (unpaired) electrons. The van der Waals surface area contributed by atoms with E-state index in [-0.39, 0.29) is 12.0 Å². The van der Waals surface area contributed by atoms with Crippen LogP contribution in [0.5, 0.6) is 0 Å². The van der Waals surface area contributed by atoms with Crippen LogP contribution in [-0.4, -0.2) is 18.1 Å². The van der Waals surface area contributed by atoms with Crippen molar-refractivity contribution in [2.75, 3.05) is 7.11 Å². The lowest BCUT2D eigenvalue weighted by atomic mass is 10.0. The van der Waals surface area contributed by atoms with E-state index in [0.717, 1.165) is 0 Å². The molecular weight excluding hydrogens is 237 g/mol. The maximum Gasteiger partial charge on any atom is 0.310 e. The van der Waals surface area contributed by atoms with E-state index in [1.165, 1.54) is 19.2 Å². The molecule has 5 heteroatoms. The minimum absolute atomic E-state index is 0.0119. The molecule has 0 saturated carbocycles. The summed E-state index contributed by atoms with van der Waals surface area (Å²) in [5.74, 6) is -0.836. The zero-order valence-corrected chi connectivity index (χ0v) is 10.0. The van der Waals surface area contributed by atoms with Gasteiger partial charge in [-0.15, -0.1) is 0 Å². The zero-order valence-electron chi connectivity index (χ0n) is 10.0. The number of halogens is 1. The average molecular weight is 249 g/mol. The van der Waals surface area contributed by atoms with Crippen LogP contribution in [0.1, 0.15) is 11.1 Å². The Kier molecular flexibility index (Phi) is 3.14. The van der Waals surface area contributed by atoms with Gasteiger partial charge in [0, 0.05) is 17.0 Å². The number of esters is 1. The lowest BCUT2D eigenvalue weighted by Crippen LogP contribution is -2.12. The lowest BCUT2D eigenvalue weighted by Gasteiger charge is -2.08. The molecule has 2 aromatic rings. The summed E-state index contributed by atoms with van der Waals surface area (Å²) in [6, 6.07) is 4.19. The summed E-state index contributed by atoms with van der Waals surface area (Å²) in [6.07, 6.45) is -0.0119. The minimum Gasteiger partial charge on any atom is -0.469 e. The van der Waals surface area contributed by atoms with Gasteiger partial charge in [-0.2, -0.15) is 0 Å². The quantitative estimate of drug-likeness (QED) is 0.824. The lowest BCUT2D eigenvalue weighted by molar-refractivity contribution is -0.139. The molecule has 2 rings (SSSR count). The summed E-state index contributed by atoms with van der Waals surface area (Å²) in [4.78, 5) is 25.4. The fourth-order valence-electron chi connectivity index (χ4n) is 1.88. The van der Waals surface area contributed by atoms with Crippen molar-refractivity contribution in [1.82, 2.24) is 4.98 Å². The molecule has 18 heavy (non-hydrogen) atoms. The van der Waals surface area contributed by atoms with Crippen molar-refractivity contribution in [3.63, 3.8) is 0 Å². The van der Waals surface area contributed by atoms with E-state index >= 15 is 0 Å². The number of ether oxygens (including phenoxy) is 1. The van der Waals surface area contributed by atoms with Crippen LogP contribution in [0.15, 0.2) is 23.0 Å². The van der Waals surface area contributed by atoms with Gasteiger partial charge in [-0.3, -0.25) is 9.59 Å². The Morgan fingerprint density at radius 1 is 1.44 bits per heavy atom. The van der Waals surface area contributed by atoms with Crippen LogP contribution < -0.4 is 5.56 Å². The highest BCUT2D eigenvalue weighted by Crippen LogP contribution is 2.21. The predicted octanol–water partition coefficient (Wildman–Crippen LogP) is 1.69. The number of hydrogen-bond acceptors (Lipinski definition) is 3. The third-order valence-corrected chi connectivity index (χ3v) is 2.86. The number of aryl methyl sites for hydroxylation is 1. The van der Waals surface area contributed by atoms with Gasteiger partial charge in [0.15, 0.2) is 0 Å². The van der Waals surface area contributed by atoms with Crippen LogP contribution >= 0.6 is 0 Å². The summed E-state index contributed by atoms with van der Waals surface area (Å²) >= 11 is 0. The SMILES string of the molecule is COC(=O)Cc1cc(=O)[nH]c2c(C)c(F)ccc12. The molecule has 1 N–H and O–H groups in total. The van der Waals surface area contributed by atoms with Crippen molar-refractivity contribution in [2.45, 2.75) is 13.3 Å². The van der Waals surface area contributed by atoms with E-state index in [9.17, 15) is 14.0 Å². The van der Waals surface area contributed by atoms with Crippen LogP contribution in [-0.2, 0) is 16.0 Å². The molecule has 0 aliphatic carbocycles.